The molecule has 1 unspecified atom stereocenters. The average molecular weight is 230 g/mol. The highest BCUT2D eigenvalue weighted by molar-refractivity contribution is 5.82. The lowest BCUT2D eigenvalue weighted by molar-refractivity contribution is -0.124. The molecule has 0 aliphatic heterocycles. The standard InChI is InChI=1S/C12H26N2O2/c1-5-6-8-16-9-7-14-11(15)10(13)12(2,3)4/h10H,5-9,13H2,1-4H3,(H,14,15). The Balaban J connectivity index is 3.58. The molecule has 0 saturated carbocycles. The van der Waals surface area contributed by atoms with Gasteiger partial charge in [-0.2, -0.15) is 0 Å². The van der Waals surface area contributed by atoms with Crippen LogP contribution in [-0.2, 0) is 9.53 Å². The molecule has 0 heterocycles. The van der Waals surface area contributed by atoms with Crippen LogP contribution in [0.25, 0.3) is 0 Å². The summed E-state index contributed by atoms with van der Waals surface area (Å²) in [6.07, 6.45) is 2.19. The first kappa shape index (κ1) is 15.4. The van der Waals surface area contributed by atoms with Crippen LogP contribution in [0.15, 0.2) is 0 Å². The van der Waals surface area contributed by atoms with Crippen molar-refractivity contribution < 1.29 is 9.53 Å². The Morgan fingerprint density at radius 1 is 1.38 bits per heavy atom. The van der Waals surface area contributed by atoms with Crippen molar-refractivity contribution in [1.82, 2.24) is 5.32 Å². The van der Waals surface area contributed by atoms with Crippen LogP contribution in [0.4, 0.5) is 0 Å². The van der Waals surface area contributed by atoms with E-state index >= 15 is 0 Å². The summed E-state index contributed by atoms with van der Waals surface area (Å²) < 4.78 is 5.33. The molecule has 16 heavy (non-hydrogen) atoms. The molecule has 0 bridgehead atoms. The van der Waals surface area contributed by atoms with Gasteiger partial charge in [-0.25, -0.2) is 0 Å². The number of amides is 1. The van der Waals surface area contributed by atoms with Gasteiger partial charge in [0.1, 0.15) is 0 Å². The molecule has 0 aliphatic carbocycles. The molecule has 0 radical (unpaired) electrons. The second-order valence-electron chi connectivity index (χ2n) is 5.10. The maximum atomic E-state index is 11.6. The predicted octanol–water partition coefficient (Wildman–Crippen LogP) is 1.29. The highest BCUT2D eigenvalue weighted by atomic mass is 16.5. The Hall–Kier alpha value is -0.610. The molecule has 0 aromatic rings. The van der Waals surface area contributed by atoms with E-state index in [9.17, 15) is 4.79 Å². The number of nitrogens with two attached hydrogens (primary N) is 1. The van der Waals surface area contributed by atoms with Crippen LogP contribution in [0, 0.1) is 5.41 Å². The van der Waals surface area contributed by atoms with Crippen LogP contribution in [0.3, 0.4) is 0 Å². The molecular weight excluding hydrogens is 204 g/mol. The van der Waals surface area contributed by atoms with Crippen LogP contribution < -0.4 is 11.1 Å². The first-order valence-electron chi connectivity index (χ1n) is 6.00. The molecule has 0 spiro atoms. The average Bonchev–Trinajstić information content (AvgIpc) is 2.20. The lowest BCUT2D eigenvalue weighted by Crippen LogP contribution is -2.49. The summed E-state index contributed by atoms with van der Waals surface area (Å²) in [6.45, 7) is 9.83. The number of carbonyl (C=O) groups is 1. The van der Waals surface area contributed by atoms with Crippen molar-refractivity contribution in [3.05, 3.63) is 0 Å². The fourth-order valence-electron chi connectivity index (χ4n) is 1.10. The van der Waals surface area contributed by atoms with Crippen LogP contribution in [0.5, 0.6) is 0 Å². The van der Waals surface area contributed by atoms with Gasteiger partial charge in [0.15, 0.2) is 0 Å². The quantitative estimate of drug-likeness (QED) is 0.648. The molecule has 0 fully saturated rings. The summed E-state index contributed by atoms with van der Waals surface area (Å²) in [5.41, 5.74) is 5.60. The minimum Gasteiger partial charge on any atom is -0.380 e. The molecule has 3 N–H and O–H groups in total. The second-order valence-corrected chi connectivity index (χ2v) is 5.10. The van der Waals surface area contributed by atoms with Gasteiger partial charge in [-0.3, -0.25) is 4.79 Å². The van der Waals surface area contributed by atoms with E-state index in [-0.39, 0.29) is 11.3 Å². The number of nitrogens with one attached hydrogen (secondary N) is 1. The minimum atomic E-state index is -0.469. The Morgan fingerprint density at radius 3 is 2.50 bits per heavy atom. The Kier molecular flexibility index (Phi) is 7.34. The van der Waals surface area contributed by atoms with E-state index in [0.29, 0.717) is 13.2 Å². The normalized spacial score (nSPS) is 13.6. The lowest BCUT2D eigenvalue weighted by atomic mass is 9.87. The van der Waals surface area contributed by atoms with Gasteiger partial charge in [0, 0.05) is 13.2 Å². The largest absolute Gasteiger partial charge is 0.380 e. The van der Waals surface area contributed by atoms with E-state index in [1.54, 1.807) is 0 Å². The van der Waals surface area contributed by atoms with Crippen molar-refractivity contribution >= 4 is 5.91 Å². The molecule has 1 atom stereocenters. The van der Waals surface area contributed by atoms with Gasteiger partial charge >= 0.3 is 0 Å². The van der Waals surface area contributed by atoms with E-state index < -0.39 is 6.04 Å². The van der Waals surface area contributed by atoms with E-state index in [1.165, 1.54) is 0 Å². The minimum absolute atomic E-state index is 0.105. The molecule has 0 rings (SSSR count). The zero-order chi connectivity index (χ0) is 12.6. The van der Waals surface area contributed by atoms with Gasteiger partial charge in [0.2, 0.25) is 5.91 Å². The topological polar surface area (TPSA) is 64.3 Å². The smallest absolute Gasteiger partial charge is 0.237 e. The summed E-state index contributed by atoms with van der Waals surface area (Å²) >= 11 is 0. The molecule has 0 aliphatic rings. The van der Waals surface area contributed by atoms with Crippen molar-refractivity contribution in [2.75, 3.05) is 19.8 Å². The number of ether oxygens (including phenoxy) is 1. The SMILES string of the molecule is CCCCOCCNC(=O)C(N)C(C)(C)C. The fraction of sp³-hybridized carbons (Fsp3) is 0.917. The van der Waals surface area contributed by atoms with Crippen LogP contribution >= 0.6 is 0 Å². The summed E-state index contributed by atoms with van der Waals surface area (Å²) in [6, 6.07) is -0.469. The number of carbonyl (C=O) groups excluding carboxylic acids is 1. The molecule has 0 aromatic heterocycles. The van der Waals surface area contributed by atoms with E-state index in [2.05, 4.69) is 12.2 Å². The Morgan fingerprint density at radius 2 is 2.00 bits per heavy atom. The Labute approximate surface area is 98.9 Å². The van der Waals surface area contributed by atoms with Crippen molar-refractivity contribution in [3.63, 3.8) is 0 Å². The number of hydrogen-bond acceptors (Lipinski definition) is 3. The third-order valence-electron chi connectivity index (χ3n) is 2.40. The number of rotatable bonds is 7. The molecule has 96 valence electrons. The van der Waals surface area contributed by atoms with Gasteiger partial charge in [-0.15, -0.1) is 0 Å². The van der Waals surface area contributed by atoms with Crippen molar-refractivity contribution in [2.45, 2.75) is 46.6 Å². The summed E-state index contributed by atoms with van der Waals surface area (Å²) in [5, 5.41) is 2.78. The molecule has 0 saturated heterocycles. The molecule has 1 amide bonds. The second kappa shape index (κ2) is 7.63. The molecule has 0 aromatic carbocycles. The third-order valence-corrected chi connectivity index (χ3v) is 2.40. The monoisotopic (exact) mass is 230 g/mol. The highest BCUT2D eigenvalue weighted by Gasteiger charge is 2.26. The summed E-state index contributed by atoms with van der Waals surface area (Å²) in [7, 11) is 0. The maximum Gasteiger partial charge on any atom is 0.237 e. The number of hydrogen-bond donors (Lipinski definition) is 2. The van der Waals surface area contributed by atoms with Crippen LogP contribution in [0.1, 0.15) is 40.5 Å². The molecule has 4 heteroatoms. The van der Waals surface area contributed by atoms with Crippen molar-refractivity contribution in [1.29, 1.82) is 0 Å². The van der Waals surface area contributed by atoms with Gasteiger partial charge in [0.05, 0.1) is 12.6 Å². The van der Waals surface area contributed by atoms with Crippen LogP contribution in [0.2, 0.25) is 0 Å². The van der Waals surface area contributed by atoms with Crippen LogP contribution in [-0.4, -0.2) is 31.7 Å². The van der Waals surface area contributed by atoms with Gasteiger partial charge in [0.25, 0.3) is 0 Å². The third kappa shape index (κ3) is 6.80. The first-order valence-corrected chi connectivity index (χ1v) is 6.00. The molecule has 4 nitrogen and oxygen atoms in total. The van der Waals surface area contributed by atoms with Gasteiger partial charge < -0.3 is 15.8 Å². The van der Waals surface area contributed by atoms with E-state index in [0.717, 1.165) is 19.4 Å². The summed E-state index contributed by atoms with van der Waals surface area (Å²) in [4.78, 5) is 11.6. The van der Waals surface area contributed by atoms with E-state index in [1.807, 2.05) is 20.8 Å². The molecular formula is C12H26N2O2. The van der Waals surface area contributed by atoms with Gasteiger partial charge in [-0.05, 0) is 11.8 Å². The zero-order valence-corrected chi connectivity index (χ0v) is 11.0. The lowest BCUT2D eigenvalue weighted by Gasteiger charge is -2.25. The van der Waals surface area contributed by atoms with Crippen molar-refractivity contribution in [2.24, 2.45) is 11.1 Å². The Bertz CT molecular complexity index is 200. The zero-order valence-electron chi connectivity index (χ0n) is 11.0. The summed E-state index contributed by atoms with van der Waals surface area (Å²) in [5.74, 6) is -0.105. The fourth-order valence-corrected chi connectivity index (χ4v) is 1.10. The van der Waals surface area contributed by atoms with E-state index in [4.69, 9.17) is 10.5 Å². The predicted molar refractivity (Wildman–Crippen MR) is 66.2 cm³/mol. The number of unbranched alkanes of at least 4 members (excludes halogenated alkanes) is 1. The first-order chi connectivity index (χ1) is 7.39. The highest BCUT2D eigenvalue weighted by Crippen LogP contribution is 2.16. The van der Waals surface area contributed by atoms with Gasteiger partial charge in [-0.1, -0.05) is 34.1 Å². The van der Waals surface area contributed by atoms with Crippen molar-refractivity contribution in [3.8, 4) is 0 Å². The maximum absolute atomic E-state index is 11.6.